The second-order valence-corrected chi connectivity index (χ2v) is 6.31. The van der Waals surface area contributed by atoms with E-state index in [1.807, 2.05) is 43.3 Å². The van der Waals surface area contributed by atoms with Gasteiger partial charge in [-0.05, 0) is 48.5 Å². The van der Waals surface area contributed by atoms with Crippen LogP contribution in [0.2, 0.25) is 0 Å². The molecule has 0 radical (unpaired) electrons. The van der Waals surface area contributed by atoms with Crippen molar-refractivity contribution >= 4 is 28.9 Å². The molecule has 0 spiro atoms. The molecule has 130 valence electrons. The van der Waals surface area contributed by atoms with Crippen LogP contribution in [-0.4, -0.2) is 32.5 Å². The first-order valence-corrected chi connectivity index (χ1v) is 8.08. The van der Waals surface area contributed by atoms with Gasteiger partial charge >= 0.3 is 0 Å². The Kier molecular flexibility index (Phi) is 4.70. The maximum atomic E-state index is 13.0. The minimum Gasteiger partial charge on any atom is -0.378 e. The predicted octanol–water partition coefficient (Wildman–Crippen LogP) is 2.88. The summed E-state index contributed by atoms with van der Waals surface area (Å²) in [6.07, 6.45) is 0.152. The number of hydrogen-bond acceptors (Lipinski definition) is 3. The molecule has 3 rings (SSSR count). The van der Waals surface area contributed by atoms with Gasteiger partial charge in [0.05, 0.1) is 5.92 Å². The van der Waals surface area contributed by atoms with Gasteiger partial charge in [0, 0.05) is 44.1 Å². The molecule has 0 aliphatic carbocycles. The molecule has 2 amide bonds. The van der Waals surface area contributed by atoms with Crippen LogP contribution >= 0.6 is 0 Å². The summed E-state index contributed by atoms with van der Waals surface area (Å²) in [5.41, 5.74) is 2.34. The van der Waals surface area contributed by atoms with Crippen LogP contribution in [0.5, 0.6) is 0 Å². The van der Waals surface area contributed by atoms with Crippen molar-refractivity contribution in [3.8, 4) is 0 Å². The Labute approximate surface area is 146 Å². The third kappa shape index (κ3) is 3.79. The van der Waals surface area contributed by atoms with Crippen LogP contribution in [0.4, 0.5) is 21.5 Å². The van der Waals surface area contributed by atoms with Crippen molar-refractivity contribution in [2.24, 2.45) is 5.92 Å². The highest BCUT2D eigenvalue weighted by atomic mass is 19.1. The Hall–Kier alpha value is -2.89. The second-order valence-electron chi connectivity index (χ2n) is 6.31. The van der Waals surface area contributed by atoms with E-state index >= 15 is 0 Å². The van der Waals surface area contributed by atoms with Crippen molar-refractivity contribution in [1.82, 2.24) is 0 Å². The molecule has 25 heavy (non-hydrogen) atoms. The fourth-order valence-corrected chi connectivity index (χ4v) is 2.84. The molecular weight excluding hydrogens is 321 g/mol. The first-order valence-electron chi connectivity index (χ1n) is 8.08. The number of nitrogens with one attached hydrogen (secondary N) is 1. The SMILES string of the molecule is CN(C)c1ccc(NC(=O)[C@H]2CC(=O)N(c3ccc(F)cc3)C2)cc1. The summed E-state index contributed by atoms with van der Waals surface area (Å²) >= 11 is 0. The Morgan fingerprint density at radius 2 is 1.76 bits per heavy atom. The van der Waals surface area contributed by atoms with Crippen molar-refractivity contribution in [2.75, 3.05) is 35.8 Å². The highest BCUT2D eigenvalue weighted by molar-refractivity contribution is 6.03. The fraction of sp³-hybridized carbons (Fsp3) is 0.263. The third-order valence-corrected chi connectivity index (χ3v) is 4.29. The second kappa shape index (κ2) is 6.93. The number of hydrogen-bond donors (Lipinski definition) is 1. The predicted molar refractivity (Wildman–Crippen MR) is 96.3 cm³/mol. The van der Waals surface area contributed by atoms with Gasteiger partial charge in [0.25, 0.3) is 0 Å². The normalized spacial score (nSPS) is 16.8. The molecule has 0 bridgehead atoms. The lowest BCUT2D eigenvalue weighted by molar-refractivity contribution is -0.122. The Morgan fingerprint density at radius 1 is 1.12 bits per heavy atom. The number of amides is 2. The van der Waals surface area contributed by atoms with Crippen molar-refractivity contribution in [1.29, 1.82) is 0 Å². The van der Waals surface area contributed by atoms with E-state index in [2.05, 4.69) is 5.32 Å². The molecule has 1 fully saturated rings. The van der Waals surface area contributed by atoms with Gasteiger partial charge in [-0.25, -0.2) is 4.39 Å². The van der Waals surface area contributed by atoms with E-state index in [0.717, 1.165) is 5.69 Å². The van der Waals surface area contributed by atoms with E-state index in [1.165, 1.54) is 17.0 Å². The summed E-state index contributed by atoms with van der Waals surface area (Å²) in [5.74, 6) is -1.10. The van der Waals surface area contributed by atoms with Crippen LogP contribution in [0, 0.1) is 11.7 Å². The number of halogens is 1. The highest BCUT2D eigenvalue weighted by Gasteiger charge is 2.35. The maximum absolute atomic E-state index is 13.0. The van der Waals surface area contributed by atoms with Crippen molar-refractivity contribution in [3.63, 3.8) is 0 Å². The molecule has 0 unspecified atom stereocenters. The van der Waals surface area contributed by atoms with Crippen LogP contribution < -0.4 is 15.1 Å². The largest absolute Gasteiger partial charge is 0.378 e. The Balaban J connectivity index is 1.65. The van der Waals surface area contributed by atoms with Crippen molar-refractivity contribution in [3.05, 3.63) is 54.3 Å². The lowest BCUT2D eigenvalue weighted by Crippen LogP contribution is -2.28. The first kappa shape index (κ1) is 17.0. The molecule has 1 heterocycles. The smallest absolute Gasteiger partial charge is 0.229 e. The lowest BCUT2D eigenvalue weighted by atomic mass is 10.1. The Bertz CT molecular complexity index is 772. The summed E-state index contributed by atoms with van der Waals surface area (Å²) in [7, 11) is 3.89. The quantitative estimate of drug-likeness (QED) is 0.930. The van der Waals surface area contributed by atoms with Crippen molar-refractivity contribution < 1.29 is 14.0 Å². The lowest BCUT2D eigenvalue weighted by Gasteiger charge is -2.17. The minimum absolute atomic E-state index is 0.130. The molecule has 1 atom stereocenters. The van der Waals surface area contributed by atoms with Gasteiger partial charge in [-0.1, -0.05) is 0 Å². The van der Waals surface area contributed by atoms with E-state index in [9.17, 15) is 14.0 Å². The summed E-state index contributed by atoms with van der Waals surface area (Å²) in [6, 6.07) is 13.2. The van der Waals surface area contributed by atoms with E-state index < -0.39 is 5.92 Å². The molecule has 0 saturated carbocycles. The van der Waals surface area contributed by atoms with Gasteiger partial charge < -0.3 is 15.1 Å². The van der Waals surface area contributed by atoms with E-state index in [-0.39, 0.29) is 24.1 Å². The molecule has 6 heteroatoms. The zero-order valence-corrected chi connectivity index (χ0v) is 14.2. The standard InChI is InChI=1S/C19H20FN3O2/c1-22(2)16-9-5-15(6-10-16)21-19(25)13-11-18(24)23(12-13)17-7-3-14(20)4-8-17/h3-10,13H,11-12H2,1-2H3,(H,21,25)/t13-/m0/s1. The maximum Gasteiger partial charge on any atom is 0.229 e. The number of carbonyl (C=O) groups excluding carboxylic acids is 2. The van der Waals surface area contributed by atoms with Gasteiger partial charge in [-0.2, -0.15) is 0 Å². The van der Waals surface area contributed by atoms with Crippen LogP contribution in [0.15, 0.2) is 48.5 Å². The van der Waals surface area contributed by atoms with Crippen molar-refractivity contribution in [2.45, 2.75) is 6.42 Å². The summed E-state index contributed by atoms with van der Waals surface area (Å²) in [4.78, 5) is 28.1. The molecule has 1 N–H and O–H groups in total. The number of carbonyl (C=O) groups is 2. The van der Waals surface area contributed by atoms with Crippen LogP contribution in [0.25, 0.3) is 0 Å². The van der Waals surface area contributed by atoms with Gasteiger partial charge in [-0.15, -0.1) is 0 Å². The molecule has 2 aromatic carbocycles. The molecular formula is C19H20FN3O2. The number of nitrogens with zero attached hydrogens (tertiary/aromatic N) is 2. The first-order chi connectivity index (χ1) is 11.9. The number of rotatable bonds is 4. The van der Waals surface area contributed by atoms with E-state index in [4.69, 9.17) is 0 Å². The van der Waals surface area contributed by atoms with Gasteiger partial charge in [0.2, 0.25) is 11.8 Å². The van der Waals surface area contributed by atoms with Gasteiger partial charge in [0.1, 0.15) is 5.82 Å². The van der Waals surface area contributed by atoms with Crippen LogP contribution in [0.3, 0.4) is 0 Å². The summed E-state index contributed by atoms with van der Waals surface area (Å²) < 4.78 is 13.0. The molecule has 5 nitrogen and oxygen atoms in total. The average molecular weight is 341 g/mol. The zero-order chi connectivity index (χ0) is 18.0. The third-order valence-electron chi connectivity index (χ3n) is 4.29. The Morgan fingerprint density at radius 3 is 2.36 bits per heavy atom. The zero-order valence-electron chi connectivity index (χ0n) is 14.2. The van der Waals surface area contributed by atoms with Crippen LogP contribution in [0.1, 0.15) is 6.42 Å². The minimum atomic E-state index is -0.425. The van der Waals surface area contributed by atoms with Gasteiger partial charge in [-0.3, -0.25) is 9.59 Å². The fourth-order valence-electron chi connectivity index (χ4n) is 2.84. The van der Waals surface area contributed by atoms with E-state index in [1.54, 1.807) is 12.1 Å². The summed E-state index contributed by atoms with van der Waals surface area (Å²) in [5, 5.41) is 2.86. The van der Waals surface area contributed by atoms with E-state index in [0.29, 0.717) is 17.9 Å². The topological polar surface area (TPSA) is 52.7 Å². The summed E-state index contributed by atoms with van der Waals surface area (Å²) in [6.45, 7) is 0.298. The molecule has 1 aliphatic rings. The monoisotopic (exact) mass is 341 g/mol. The molecule has 2 aromatic rings. The van der Waals surface area contributed by atoms with Crippen LogP contribution in [-0.2, 0) is 9.59 Å². The highest BCUT2D eigenvalue weighted by Crippen LogP contribution is 2.26. The average Bonchev–Trinajstić information content (AvgIpc) is 2.98. The van der Waals surface area contributed by atoms with Gasteiger partial charge in [0.15, 0.2) is 0 Å². The number of anilines is 3. The molecule has 0 aromatic heterocycles. The molecule has 1 aliphatic heterocycles. The molecule has 1 saturated heterocycles. The number of benzene rings is 2.